The zero-order valence-corrected chi connectivity index (χ0v) is 9.58. The highest BCUT2D eigenvalue weighted by Crippen LogP contribution is 2.20. The Morgan fingerprint density at radius 3 is 2.61 bits per heavy atom. The molecule has 18 heavy (non-hydrogen) atoms. The third-order valence-electron chi connectivity index (χ3n) is 2.45. The van der Waals surface area contributed by atoms with Gasteiger partial charge in [0, 0.05) is 5.56 Å². The van der Waals surface area contributed by atoms with E-state index in [2.05, 4.69) is 0 Å². The molecular weight excluding hydrogens is 232 g/mol. The molecule has 2 atom stereocenters. The predicted molar refractivity (Wildman–Crippen MR) is 62.2 cm³/mol. The fourth-order valence-electron chi connectivity index (χ4n) is 1.50. The van der Waals surface area contributed by atoms with Crippen LogP contribution in [0.5, 0.6) is 0 Å². The highest BCUT2D eigenvalue weighted by atomic mass is 16.3. The molecule has 0 saturated carbocycles. The highest BCUT2D eigenvalue weighted by molar-refractivity contribution is 5.97. The van der Waals surface area contributed by atoms with Gasteiger partial charge in [-0.25, -0.2) is 0 Å². The molecule has 0 fully saturated rings. The van der Waals surface area contributed by atoms with Crippen molar-refractivity contribution >= 4 is 5.78 Å². The number of benzene rings is 1. The molecule has 0 bridgehead atoms. The molecule has 1 rings (SSSR count). The van der Waals surface area contributed by atoms with E-state index in [1.165, 1.54) is 12.1 Å². The second kappa shape index (κ2) is 6.51. The molecule has 0 aliphatic heterocycles. The molecule has 0 aromatic heterocycles. The Morgan fingerprint density at radius 1 is 1.28 bits per heavy atom. The molecule has 0 radical (unpaired) electrons. The number of carbonyl (C=O) groups is 1. The molecule has 5 heteroatoms. The molecule has 0 amide bonds. The molecule has 1 aromatic rings. The topological polar surface area (TPSA) is 105 Å². The summed E-state index contributed by atoms with van der Waals surface area (Å²) < 4.78 is 0. The number of carbonyl (C=O) groups excluding carboxylic acids is 1. The van der Waals surface area contributed by atoms with E-state index >= 15 is 0 Å². The van der Waals surface area contributed by atoms with Crippen molar-refractivity contribution in [2.24, 2.45) is 0 Å². The van der Waals surface area contributed by atoms with Gasteiger partial charge in [0.1, 0.15) is 6.10 Å². The maximum Gasteiger partial charge on any atom is 0.176 e. The number of Topliss-reactive ketones (excluding diaryl/α,β-unsaturated/α-hetero) is 1. The van der Waals surface area contributed by atoms with Crippen LogP contribution >= 0.6 is 0 Å². The van der Waals surface area contributed by atoms with Gasteiger partial charge in [0.15, 0.2) is 5.78 Å². The van der Waals surface area contributed by atoms with Gasteiger partial charge in [0.25, 0.3) is 0 Å². The Kier molecular flexibility index (Phi) is 5.01. The zero-order valence-electron chi connectivity index (χ0n) is 9.58. The molecule has 5 nitrogen and oxygen atoms in total. The standard InChI is InChI=1S/C13H12N2O3/c14-6-4-11(16)9-2-1-3-10(8-9)13(18)12(17)5-7-15/h1-3,8,12-13,17-18H,4-5H2. The normalized spacial score (nSPS) is 13.1. The van der Waals surface area contributed by atoms with Crippen molar-refractivity contribution in [3.63, 3.8) is 0 Å². The fourth-order valence-corrected chi connectivity index (χ4v) is 1.50. The molecule has 92 valence electrons. The summed E-state index contributed by atoms with van der Waals surface area (Å²) >= 11 is 0. The van der Waals surface area contributed by atoms with Crippen molar-refractivity contribution in [3.05, 3.63) is 35.4 Å². The number of aliphatic hydroxyl groups excluding tert-OH is 2. The first-order chi connectivity index (χ1) is 8.60. The van der Waals surface area contributed by atoms with Crippen LogP contribution in [-0.2, 0) is 0 Å². The summed E-state index contributed by atoms with van der Waals surface area (Å²) in [5.74, 6) is -0.346. The summed E-state index contributed by atoms with van der Waals surface area (Å²) in [7, 11) is 0. The quantitative estimate of drug-likeness (QED) is 0.754. The summed E-state index contributed by atoms with van der Waals surface area (Å²) in [6.07, 6.45) is -2.85. The summed E-state index contributed by atoms with van der Waals surface area (Å²) in [6.45, 7) is 0. The van der Waals surface area contributed by atoms with E-state index in [9.17, 15) is 15.0 Å². The maximum atomic E-state index is 11.5. The van der Waals surface area contributed by atoms with E-state index in [1.54, 1.807) is 24.3 Å². The van der Waals surface area contributed by atoms with Gasteiger partial charge in [-0.15, -0.1) is 0 Å². The van der Waals surface area contributed by atoms with Crippen LogP contribution in [0.3, 0.4) is 0 Å². The smallest absolute Gasteiger partial charge is 0.176 e. The minimum Gasteiger partial charge on any atom is -0.389 e. The Morgan fingerprint density at radius 2 is 2.00 bits per heavy atom. The van der Waals surface area contributed by atoms with Crippen LogP contribution < -0.4 is 0 Å². The number of aliphatic hydroxyl groups is 2. The third-order valence-corrected chi connectivity index (χ3v) is 2.45. The molecule has 2 unspecified atom stereocenters. The number of ketones is 1. The monoisotopic (exact) mass is 244 g/mol. The van der Waals surface area contributed by atoms with Crippen molar-refractivity contribution in [2.75, 3.05) is 0 Å². The number of rotatable bonds is 5. The Hall–Kier alpha value is -2.21. The molecule has 0 heterocycles. The van der Waals surface area contributed by atoms with Gasteiger partial charge in [-0.1, -0.05) is 18.2 Å². The second-order valence-electron chi connectivity index (χ2n) is 3.76. The molecule has 0 aliphatic carbocycles. The molecule has 0 aliphatic rings. The SMILES string of the molecule is N#CCC(=O)c1cccc(C(O)C(O)CC#N)c1. The fraction of sp³-hybridized carbons (Fsp3) is 0.308. The summed E-state index contributed by atoms with van der Waals surface area (Å²) in [5, 5.41) is 36.1. The van der Waals surface area contributed by atoms with Crippen molar-refractivity contribution in [3.8, 4) is 12.1 Å². The first kappa shape index (κ1) is 13.9. The summed E-state index contributed by atoms with van der Waals surface area (Å²) in [6, 6.07) is 9.57. The van der Waals surface area contributed by atoms with Crippen LogP contribution in [0.4, 0.5) is 0 Å². The maximum absolute atomic E-state index is 11.5. The third kappa shape index (κ3) is 3.39. The van der Waals surface area contributed by atoms with Crippen LogP contribution in [0, 0.1) is 22.7 Å². The van der Waals surface area contributed by atoms with E-state index in [0.717, 1.165) is 0 Å². The number of nitrogens with zero attached hydrogens (tertiary/aromatic N) is 2. The molecule has 1 aromatic carbocycles. The summed E-state index contributed by atoms with van der Waals surface area (Å²) in [5.41, 5.74) is 0.652. The second-order valence-corrected chi connectivity index (χ2v) is 3.76. The molecule has 0 spiro atoms. The lowest BCUT2D eigenvalue weighted by Gasteiger charge is -2.16. The van der Waals surface area contributed by atoms with Gasteiger partial charge in [-0.2, -0.15) is 10.5 Å². The van der Waals surface area contributed by atoms with Gasteiger partial charge >= 0.3 is 0 Å². The minimum atomic E-state index is -1.22. The molecule has 2 N–H and O–H groups in total. The lowest BCUT2D eigenvalue weighted by molar-refractivity contribution is 0.0216. The zero-order chi connectivity index (χ0) is 13.5. The van der Waals surface area contributed by atoms with Crippen molar-refractivity contribution in [1.82, 2.24) is 0 Å². The van der Waals surface area contributed by atoms with Gasteiger partial charge in [-0.3, -0.25) is 4.79 Å². The highest BCUT2D eigenvalue weighted by Gasteiger charge is 2.19. The average Bonchev–Trinajstić information content (AvgIpc) is 2.38. The van der Waals surface area contributed by atoms with E-state index in [0.29, 0.717) is 11.1 Å². The van der Waals surface area contributed by atoms with E-state index < -0.39 is 12.2 Å². The Labute approximate surface area is 105 Å². The van der Waals surface area contributed by atoms with E-state index in [-0.39, 0.29) is 18.6 Å². The van der Waals surface area contributed by atoms with Crippen LogP contribution in [0.1, 0.15) is 34.9 Å². The first-order valence-electron chi connectivity index (χ1n) is 5.33. The van der Waals surface area contributed by atoms with Gasteiger partial charge < -0.3 is 10.2 Å². The number of hydrogen-bond donors (Lipinski definition) is 2. The van der Waals surface area contributed by atoms with Crippen LogP contribution in [0.15, 0.2) is 24.3 Å². The Bertz CT molecular complexity index is 514. The van der Waals surface area contributed by atoms with Crippen LogP contribution in [-0.4, -0.2) is 22.1 Å². The summed E-state index contributed by atoms with van der Waals surface area (Å²) in [4.78, 5) is 11.5. The van der Waals surface area contributed by atoms with E-state index in [4.69, 9.17) is 10.5 Å². The predicted octanol–water partition coefficient (Wildman–Crippen LogP) is 1.09. The lowest BCUT2D eigenvalue weighted by Crippen LogP contribution is -2.17. The lowest BCUT2D eigenvalue weighted by atomic mass is 9.98. The van der Waals surface area contributed by atoms with Crippen molar-refractivity contribution in [2.45, 2.75) is 25.0 Å². The van der Waals surface area contributed by atoms with Crippen LogP contribution in [0.2, 0.25) is 0 Å². The molecule has 0 saturated heterocycles. The van der Waals surface area contributed by atoms with Gasteiger partial charge in [0.2, 0.25) is 0 Å². The van der Waals surface area contributed by atoms with Crippen molar-refractivity contribution in [1.29, 1.82) is 10.5 Å². The van der Waals surface area contributed by atoms with E-state index in [1.807, 2.05) is 0 Å². The minimum absolute atomic E-state index is 0.197. The van der Waals surface area contributed by atoms with Crippen LogP contribution in [0.25, 0.3) is 0 Å². The molecular formula is C13H12N2O3. The van der Waals surface area contributed by atoms with Crippen molar-refractivity contribution < 1.29 is 15.0 Å². The largest absolute Gasteiger partial charge is 0.389 e. The van der Waals surface area contributed by atoms with Gasteiger partial charge in [0.05, 0.1) is 31.1 Å². The van der Waals surface area contributed by atoms with Gasteiger partial charge in [-0.05, 0) is 11.6 Å². The first-order valence-corrected chi connectivity index (χ1v) is 5.33. The number of hydrogen-bond acceptors (Lipinski definition) is 5. The number of nitriles is 2. The average molecular weight is 244 g/mol. The Balaban J connectivity index is 2.92.